The van der Waals surface area contributed by atoms with Crippen LogP contribution in [-0.2, 0) is 0 Å². The van der Waals surface area contributed by atoms with Crippen molar-refractivity contribution in [3.8, 4) is 16.8 Å². The lowest BCUT2D eigenvalue weighted by molar-refractivity contribution is 1.10. The Bertz CT molecular complexity index is 1890. The normalized spacial score (nSPS) is 12.2. The molecule has 2 aromatic heterocycles. The molecule has 5 rings (SSSR count). The van der Waals surface area contributed by atoms with Gasteiger partial charge in [-0.2, -0.15) is 0 Å². The lowest BCUT2D eigenvalue weighted by Gasteiger charge is -2.20. The minimum absolute atomic E-state index is 1.03. The van der Waals surface area contributed by atoms with Crippen LogP contribution in [0.15, 0.2) is 140 Å². The van der Waals surface area contributed by atoms with Gasteiger partial charge in [-0.1, -0.05) is 103 Å². The average molecular weight is 545 g/mol. The van der Waals surface area contributed by atoms with Crippen molar-refractivity contribution in [3.63, 3.8) is 0 Å². The fraction of sp³-hybridized carbons (Fsp3) is 0.100. The van der Waals surface area contributed by atoms with Crippen LogP contribution in [0.3, 0.4) is 0 Å². The van der Waals surface area contributed by atoms with Crippen LogP contribution in [0.5, 0.6) is 0 Å². The van der Waals surface area contributed by atoms with E-state index in [1.807, 2.05) is 37.5 Å². The number of aromatic nitrogens is 2. The number of rotatable bonds is 8. The summed E-state index contributed by atoms with van der Waals surface area (Å²) in [6.45, 7) is 12.5. The summed E-state index contributed by atoms with van der Waals surface area (Å²) < 4.78 is 2.26. The zero-order valence-electron chi connectivity index (χ0n) is 24.8. The Balaban J connectivity index is 1.82. The standard InChI is InChI=1S/C40H36N2/c1-6-10-21-39-34(9-4)36-24-25-41-28-40(36)42(39)32-22-23-35(38(27-32)31-19-15-12-16-20-31)33(8-3)37(26-29(5)7-2)30-17-13-11-14-18-30/h6-9,11-28H,4H2,1-3,5H3/b29-7-,33-8-,37-26-. The highest BCUT2D eigenvalue weighted by Crippen LogP contribution is 2.40. The first-order valence-corrected chi connectivity index (χ1v) is 14.4. The molecule has 3 aromatic carbocycles. The molecule has 206 valence electrons. The summed E-state index contributed by atoms with van der Waals surface area (Å²) >= 11 is 0. The Labute approximate surface area is 249 Å². The number of hydrogen-bond donors (Lipinski definition) is 0. The molecular formula is C40H36N2. The fourth-order valence-electron chi connectivity index (χ4n) is 5.44. The van der Waals surface area contributed by atoms with Gasteiger partial charge in [-0.15, -0.1) is 5.73 Å². The molecule has 0 bridgehead atoms. The quantitative estimate of drug-likeness (QED) is 0.140. The molecule has 0 N–H and O–H groups in total. The lowest BCUT2D eigenvalue weighted by Crippen LogP contribution is -2.01. The zero-order chi connectivity index (χ0) is 29.5. The largest absolute Gasteiger partial charge is 0.307 e. The van der Waals surface area contributed by atoms with Crippen molar-refractivity contribution < 1.29 is 0 Å². The summed E-state index contributed by atoms with van der Waals surface area (Å²) in [7, 11) is 0. The lowest BCUT2D eigenvalue weighted by atomic mass is 9.86. The summed E-state index contributed by atoms with van der Waals surface area (Å²) in [5, 5.41) is 1.11. The summed E-state index contributed by atoms with van der Waals surface area (Å²) in [6.07, 6.45) is 16.3. The third kappa shape index (κ3) is 5.54. The van der Waals surface area contributed by atoms with Gasteiger partial charge in [0.25, 0.3) is 0 Å². The van der Waals surface area contributed by atoms with Crippen LogP contribution in [0.4, 0.5) is 0 Å². The molecule has 0 radical (unpaired) electrons. The van der Waals surface area contributed by atoms with Gasteiger partial charge in [0.1, 0.15) is 0 Å². The van der Waals surface area contributed by atoms with Crippen molar-refractivity contribution in [2.45, 2.75) is 27.7 Å². The maximum absolute atomic E-state index is 4.48. The van der Waals surface area contributed by atoms with Crippen molar-refractivity contribution in [2.24, 2.45) is 0 Å². The van der Waals surface area contributed by atoms with Crippen LogP contribution in [0.1, 0.15) is 50.1 Å². The van der Waals surface area contributed by atoms with Gasteiger partial charge in [0.2, 0.25) is 0 Å². The third-order valence-corrected chi connectivity index (χ3v) is 7.57. The van der Waals surface area contributed by atoms with Gasteiger partial charge in [0.05, 0.1) is 17.4 Å². The van der Waals surface area contributed by atoms with E-state index < -0.39 is 0 Å². The van der Waals surface area contributed by atoms with E-state index in [2.05, 4.69) is 146 Å². The number of benzene rings is 3. The molecule has 2 heterocycles. The number of pyridine rings is 1. The van der Waals surface area contributed by atoms with Crippen LogP contribution in [-0.4, -0.2) is 9.55 Å². The number of allylic oxidation sites excluding steroid dienone is 7. The molecule has 0 aliphatic carbocycles. The molecule has 42 heavy (non-hydrogen) atoms. The maximum Gasteiger partial charge on any atom is 0.0724 e. The molecule has 0 aliphatic rings. The summed E-state index contributed by atoms with van der Waals surface area (Å²) in [5.41, 5.74) is 15.8. The number of hydrogen-bond acceptors (Lipinski definition) is 1. The van der Waals surface area contributed by atoms with Crippen molar-refractivity contribution in [1.29, 1.82) is 0 Å². The highest BCUT2D eigenvalue weighted by molar-refractivity contribution is 6.08. The summed E-state index contributed by atoms with van der Waals surface area (Å²) in [4.78, 5) is 4.48. The third-order valence-electron chi connectivity index (χ3n) is 7.57. The summed E-state index contributed by atoms with van der Waals surface area (Å²) in [6, 6.07) is 30.1. The molecule has 0 fully saturated rings. The minimum Gasteiger partial charge on any atom is -0.307 e. The van der Waals surface area contributed by atoms with Gasteiger partial charge in [0, 0.05) is 28.9 Å². The first-order chi connectivity index (χ1) is 20.6. The van der Waals surface area contributed by atoms with Crippen LogP contribution in [0.25, 0.3) is 51.0 Å². The average Bonchev–Trinajstić information content (AvgIpc) is 3.37. The van der Waals surface area contributed by atoms with E-state index in [1.165, 1.54) is 27.8 Å². The van der Waals surface area contributed by atoms with Crippen LogP contribution in [0, 0.1) is 0 Å². The number of nitrogens with zero attached hydrogens (tertiary/aromatic N) is 2. The second-order valence-corrected chi connectivity index (χ2v) is 10.1. The Kier molecular flexibility index (Phi) is 8.78. The van der Waals surface area contributed by atoms with Gasteiger partial charge < -0.3 is 4.57 Å². The van der Waals surface area contributed by atoms with Crippen molar-refractivity contribution in [1.82, 2.24) is 9.55 Å². The van der Waals surface area contributed by atoms with E-state index >= 15 is 0 Å². The monoisotopic (exact) mass is 544 g/mol. The van der Waals surface area contributed by atoms with Gasteiger partial charge in [-0.3, -0.25) is 4.98 Å². The molecule has 0 unspecified atom stereocenters. The minimum atomic E-state index is 1.03. The first-order valence-electron chi connectivity index (χ1n) is 14.4. The molecular weight excluding hydrogens is 508 g/mol. The Hall–Kier alpha value is -5.17. The summed E-state index contributed by atoms with van der Waals surface area (Å²) in [5.74, 6) is 0. The van der Waals surface area contributed by atoms with Gasteiger partial charge in [-0.25, -0.2) is 0 Å². The fourth-order valence-corrected chi connectivity index (χ4v) is 5.44. The molecule has 2 heteroatoms. The van der Waals surface area contributed by atoms with Gasteiger partial charge in [0.15, 0.2) is 0 Å². The van der Waals surface area contributed by atoms with Crippen LogP contribution < -0.4 is 0 Å². The molecule has 0 spiro atoms. The Morgan fingerprint density at radius 1 is 0.857 bits per heavy atom. The van der Waals surface area contributed by atoms with Gasteiger partial charge >= 0.3 is 0 Å². The molecule has 2 nitrogen and oxygen atoms in total. The zero-order valence-corrected chi connectivity index (χ0v) is 24.8. The Morgan fingerprint density at radius 3 is 2.26 bits per heavy atom. The molecule has 0 amide bonds. The van der Waals surface area contributed by atoms with E-state index in [0.29, 0.717) is 0 Å². The number of fused-ring (bicyclic) bond motifs is 1. The first kappa shape index (κ1) is 28.4. The SMILES string of the molecule is C=Cc1c(C=C=CC)n(-c2ccc(C(=C/C)/C(=C\C(C)=C/C)c3ccccc3)c(-c3ccccc3)c2)c2cnccc12. The molecule has 0 saturated carbocycles. The van der Waals surface area contributed by atoms with Crippen molar-refractivity contribution >= 4 is 34.2 Å². The predicted octanol–water partition coefficient (Wildman–Crippen LogP) is 11.0. The van der Waals surface area contributed by atoms with E-state index in [9.17, 15) is 0 Å². The van der Waals surface area contributed by atoms with E-state index in [4.69, 9.17) is 0 Å². The molecule has 5 aromatic rings. The second kappa shape index (κ2) is 13.0. The smallest absolute Gasteiger partial charge is 0.0724 e. The Morgan fingerprint density at radius 2 is 1.60 bits per heavy atom. The highest BCUT2D eigenvalue weighted by Gasteiger charge is 2.19. The second-order valence-electron chi connectivity index (χ2n) is 10.1. The van der Waals surface area contributed by atoms with Crippen LogP contribution in [0.2, 0.25) is 0 Å². The van der Waals surface area contributed by atoms with E-state index in [1.54, 1.807) is 0 Å². The van der Waals surface area contributed by atoms with E-state index in [-0.39, 0.29) is 0 Å². The van der Waals surface area contributed by atoms with Crippen molar-refractivity contribution in [3.05, 3.63) is 162 Å². The predicted molar refractivity (Wildman–Crippen MR) is 182 cm³/mol. The van der Waals surface area contributed by atoms with E-state index in [0.717, 1.165) is 39.0 Å². The molecule has 0 saturated heterocycles. The van der Waals surface area contributed by atoms with Gasteiger partial charge in [-0.05, 0) is 85.4 Å². The molecule has 0 atom stereocenters. The van der Waals surface area contributed by atoms with Crippen LogP contribution >= 0.6 is 0 Å². The highest BCUT2D eigenvalue weighted by atomic mass is 15.0. The molecule has 0 aliphatic heterocycles. The maximum atomic E-state index is 4.48. The topological polar surface area (TPSA) is 17.8 Å². The van der Waals surface area contributed by atoms with Crippen molar-refractivity contribution in [2.75, 3.05) is 0 Å².